The third-order valence-electron chi connectivity index (χ3n) is 2.48. The van der Waals surface area contributed by atoms with Crippen LogP contribution < -0.4 is 16.6 Å². The van der Waals surface area contributed by atoms with Crippen molar-refractivity contribution in [1.82, 2.24) is 29.7 Å². The van der Waals surface area contributed by atoms with Crippen molar-refractivity contribution in [3.63, 3.8) is 0 Å². The van der Waals surface area contributed by atoms with Gasteiger partial charge in [0.1, 0.15) is 12.7 Å². The molecule has 3 rings (SSSR count). The number of hydrazine groups is 1. The molecule has 0 saturated heterocycles. The number of nitrogens with one attached hydrogen (secondary N) is 2. The van der Waals surface area contributed by atoms with E-state index in [4.69, 9.17) is 17.4 Å². The van der Waals surface area contributed by atoms with Crippen molar-refractivity contribution in [1.29, 1.82) is 0 Å². The molecule has 106 valence electrons. The van der Waals surface area contributed by atoms with Crippen LogP contribution in [-0.2, 0) is 0 Å². The molecule has 1 aromatic carbocycles. The molecular formula is C11H10ClN9. The molecule has 0 unspecified atom stereocenters. The van der Waals surface area contributed by atoms with E-state index in [-0.39, 0.29) is 11.9 Å². The highest BCUT2D eigenvalue weighted by Gasteiger charge is 2.08. The summed E-state index contributed by atoms with van der Waals surface area (Å²) in [5.41, 5.74) is 3.16. The van der Waals surface area contributed by atoms with Crippen LogP contribution in [-0.4, -0.2) is 29.7 Å². The summed E-state index contributed by atoms with van der Waals surface area (Å²) in [6.45, 7) is 0. The van der Waals surface area contributed by atoms with Gasteiger partial charge in [-0.15, -0.1) is 0 Å². The van der Waals surface area contributed by atoms with Crippen LogP contribution in [0.4, 0.5) is 17.6 Å². The first-order chi connectivity index (χ1) is 10.2. The molecule has 0 spiro atoms. The molecule has 2 aromatic heterocycles. The van der Waals surface area contributed by atoms with Crippen molar-refractivity contribution >= 4 is 29.2 Å². The van der Waals surface area contributed by atoms with Gasteiger partial charge in [0.05, 0.1) is 0 Å². The van der Waals surface area contributed by atoms with Gasteiger partial charge >= 0.3 is 0 Å². The zero-order valence-electron chi connectivity index (χ0n) is 10.6. The van der Waals surface area contributed by atoms with Crippen LogP contribution in [0.1, 0.15) is 0 Å². The van der Waals surface area contributed by atoms with Crippen LogP contribution >= 0.6 is 11.6 Å². The Morgan fingerprint density at radius 1 is 1.05 bits per heavy atom. The molecule has 0 bridgehead atoms. The first-order valence-electron chi connectivity index (χ1n) is 5.85. The molecule has 0 aliphatic rings. The summed E-state index contributed by atoms with van der Waals surface area (Å²) >= 11 is 5.84. The topological polar surface area (TPSA) is 119 Å². The second kappa shape index (κ2) is 5.69. The first-order valence-corrected chi connectivity index (χ1v) is 6.23. The normalized spacial score (nSPS) is 10.4. The second-order valence-corrected chi connectivity index (χ2v) is 4.34. The Hall–Kier alpha value is -2.78. The minimum Gasteiger partial charge on any atom is -0.324 e. The summed E-state index contributed by atoms with van der Waals surface area (Å²) in [4.78, 5) is 16.3. The Morgan fingerprint density at radius 2 is 1.81 bits per heavy atom. The van der Waals surface area contributed by atoms with Crippen molar-refractivity contribution in [3.8, 4) is 5.95 Å². The van der Waals surface area contributed by atoms with Crippen molar-refractivity contribution in [2.45, 2.75) is 0 Å². The quantitative estimate of drug-likeness (QED) is 0.485. The number of rotatable bonds is 4. The number of nitrogen functional groups attached to an aromatic ring is 1. The predicted octanol–water partition coefficient (Wildman–Crippen LogP) is 1.13. The number of nitrogens with two attached hydrogens (primary N) is 1. The van der Waals surface area contributed by atoms with Crippen LogP contribution in [0.5, 0.6) is 0 Å². The lowest BCUT2D eigenvalue weighted by Crippen LogP contribution is -2.15. The highest BCUT2D eigenvalue weighted by atomic mass is 35.5. The van der Waals surface area contributed by atoms with Gasteiger partial charge in [0, 0.05) is 10.7 Å². The number of halogens is 1. The monoisotopic (exact) mass is 303 g/mol. The molecule has 0 aliphatic carbocycles. The zero-order chi connectivity index (χ0) is 14.7. The Bertz CT molecular complexity index is 726. The van der Waals surface area contributed by atoms with E-state index in [2.05, 4.69) is 35.8 Å². The van der Waals surface area contributed by atoms with Crippen LogP contribution in [0.15, 0.2) is 36.9 Å². The van der Waals surface area contributed by atoms with E-state index in [1.54, 1.807) is 24.3 Å². The van der Waals surface area contributed by atoms with E-state index in [9.17, 15) is 0 Å². The van der Waals surface area contributed by atoms with Crippen molar-refractivity contribution < 1.29 is 0 Å². The fraction of sp³-hybridized carbons (Fsp3) is 0. The number of aromatic nitrogens is 6. The molecule has 0 aliphatic heterocycles. The van der Waals surface area contributed by atoms with Crippen LogP contribution in [0.25, 0.3) is 5.95 Å². The van der Waals surface area contributed by atoms with E-state index in [0.29, 0.717) is 11.0 Å². The third kappa shape index (κ3) is 3.04. The number of nitrogens with zero attached hydrogens (tertiary/aromatic N) is 6. The van der Waals surface area contributed by atoms with E-state index in [1.807, 2.05) is 0 Å². The highest BCUT2D eigenvalue weighted by molar-refractivity contribution is 6.30. The van der Waals surface area contributed by atoms with Crippen molar-refractivity contribution in [3.05, 3.63) is 41.9 Å². The lowest BCUT2D eigenvalue weighted by atomic mass is 10.3. The van der Waals surface area contributed by atoms with E-state index in [0.717, 1.165) is 5.69 Å². The smallest absolute Gasteiger partial charge is 0.258 e. The van der Waals surface area contributed by atoms with E-state index >= 15 is 0 Å². The van der Waals surface area contributed by atoms with Gasteiger partial charge in [-0.3, -0.25) is 5.43 Å². The summed E-state index contributed by atoms with van der Waals surface area (Å²) in [5, 5.41) is 7.63. The Morgan fingerprint density at radius 3 is 2.48 bits per heavy atom. The maximum Gasteiger partial charge on any atom is 0.258 e. The Kier molecular flexibility index (Phi) is 3.58. The Balaban J connectivity index is 1.94. The molecule has 0 atom stereocenters. The molecule has 3 aromatic rings. The first kappa shape index (κ1) is 13.2. The minimum absolute atomic E-state index is 0.201. The minimum atomic E-state index is 0.201. The standard InChI is InChI=1S/C11H10ClN9/c12-7-1-3-8(4-2-7)16-9-17-10(20-13)19-11(18-9)21-6-14-5-15-21/h1-6H,13H2,(H2,16,17,18,19,20). The largest absolute Gasteiger partial charge is 0.324 e. The molecule has 10 heteroatoms. The predicted molar refractivity (Wildman–Crippen MR) is 77.3 cm³/mol. The molecule has 4 N–H and O–H groups in total. The highest BCUT2D eigenvalue weighted by Crippen LogP contribution is 2.17. The molecule has 0 amide bonds. The van der Waals surface area contributed by atoms with Gasteiger partial charge in [-0.2, -0.15) is 24.7 Å². The second-order valence-electron chi connectivity index (χ2n) is 3.90. The fourth-order valence-electron chi connectivity index (χ4n) is 1.56. The molecule has 0 saturated carbocycles. The summed E-state index contributed by atoms with van der Waals surface area (Å²) in [7, 11) is 0. The average molecular weight is 304 g/mol. The zero-order valence-corrected chi connectivity index (χ0v) is 11.4. The van der Waals surface area contributed by atoms with Crippen LogP contribution in [0, 0.1) is 0 Å². The van der Waals surface area contributed by atoms with Crippen molar-refractivity contribution in [2.75, 3.05) is 10.7 Å². The van der Waals surface area contributed by atoms with Gasteiger partial charge in [0.15, 0.2) is 0 Å². The lowest BCUT2D eigenvalue weighted by Gasteiger charge is -2.08. The summed E-state index contributed by atoms with van der Waals surface area (Å²) in [6, 6.07) is 7.12. The van der Waals surface area contributed by atoms with Crippen LogP contribution in [0.3, 0.4) is 0 Å². The van der Waals surface area contributed by atoms with Gasteiger partial charge in [-0.05, 0) is 24.3 Å². The summed E-state index contributed by atoms with van der Waals surface area (Å²) < 4.78 is 1.40. The third-order valence-corrected chi connectivity index (χ3v) is 2.73. The maximum atomic E-state index is 5.84. The van der Waals surface area contributed by atoms with Gasteiger partial charge < -0.3 is 5.32 Å². The molecular weight excluding hydrogens is 294 g/mol. The average Bonchev–Trinajstić information content (AvgIpc) is 3.04. The summed E-state index contributed by atoms with van der Waals surface area (Å²) in [6.07, 6.45) is 2.85. The van der Waals surface area contributed by atoms with Gasteiger partial charge in [-0.1, -0.05) is 11.6 Å². The van der Waals surface area contributed by atoms with Crippen molar-refractivity contribution in [2.24, 2.45) is 5.84 Å². The van der Waals surface area contributed by atoms with Gasteiger partial charge in [-0.25, -0.2) is 10.8 Å². The van der Waals surface area contributed by atoms with E-state index in [1.165, 1.54) is 17.3 Å². The number of hydrogen-bond donors (Lipinski definition) is 3. The SMILES string of the molecule is NNc1nc(Nc2ccc(Cl)cc2)nc(-n2cncn2)n1. The van der Waals surface area contributed by atoms with E-state index < -0.39 is 0 Å². The molecule has 2 heterocycles. The Labute approximate surface area is 124 Å². The molecule has 21 heavy (non-hydrogen) atoms. The van der Waals surface area contributed by atoms with Gasteiger partial charge in [0.25, 0.3) is 5.95 Å². The van der Waals surface area contributed by atoms with Crippen LogP contribution in [0.2, 0.25) is 5.02 Å². The number of anilines is 3. The number of benzene rings is 1. The maximum absolute atomic E-state index is 5.84. The van der Waals surface area contributed by atoms with Gasteiger partial charge in [0.2, 0.25) is 11.9 Å². The lowest BCUT2D eigenvalue weighted by molar-refractivity contribution is 0.797. The molecule has 9 nitrogen and oxygen atoms in total. The molecule has 0 radical (unpaired) electrons. The summed E-state index contributed by atoms with van der Waals surface area (Å²) in [5.74, 6) is 6.16. The fourth-order valence-corrected chi connectivity index (χ4v) is 1.69. The molecule has 0 fully saturated rings. The number of hydrogen-bond acceptors (Lipinski definition) is 8.